The lowest BCUT2D eigenvalue weighted by molar-refractivity contribution is -0.120. The average molecular weight is 232 g/mol. The van der Waals surface area contributed by atoms with Crippen LogP contribution in [0, 0.1) is 0 Å². The predicted octanol–water partition coefficient (Wildman–Crippen LogP) is 1.84. The van der Waals surface area contributed by atoms with Crippen LogP contribution in [0.25, 0.3) is 10.1 Å². The summed E-state index contributed by atoms with van der Waals surface area (Å²) in [5.74, 6) is 0.110. The van der Waals surface area contributed by atoms with Gasteiger partial charge in [-0.2, -0.15) is 0 Å². The second-order valence-corrected chi connectivity index (χ2v) is 4.83. The number of nitrogens with one attached hydrogen (secondary N) is 1. The van der Waals surface area contributed by atoms with Crippen molar-refractivity contribution < 1.29 is 4.79 Å². The number of piperazine rings is 1. The third kappa shape index (κ3) is 1.55. The molecule has 3 nitrogen and oxygen atoms in total. The van der Waals surface area contributed by atoms with Gasteiger partial charge in [-0.1, -0.05) is 6.07 Å². The molecule has 0 radical (unpaired) electrons. The Hall–Kier alpha value is -1.55. The van der Waals surface area contributed by atoms with Gasteiger partial charge in [0.1, 0.15) is 0 Å². The Morgan fingerprint density at radius 3 is 3.12 bits per heavy atom. The highest BCUT2D eigenvalue weighted by molar-refractivity contribution is 7.17. The molecule has 1 fully saturated rings. The molecule has 3 rings (SSSR count). The molecule has 2 aromatic rings. The Kier molecular flexibility index (Phi) is 2.29. The average Bonchev–Trinajstić information content (AvgIpc) is 2.76. The molecule has 1 aliphatic heterocycles. The first kappa shape index (κ1) is 9.66. The summed E-state index contributed by atoms with van der Waals surface area (Å²) in [6, 6.07) is 8.39. The first-order valence-electron chi connectivity index (χ1n) is 5.32. The van der Waals surface area contributed by atoms with Crippen LogP contribution < -0.4 is 10.2 Å². The van der Waals surface area contributed by atoms with Crippen molar-refractivity contribution in [3.63, 3.8) is 0 Å². The maximum absolute atomic E-state index is 11.4. The lowest BCUT2D eigenvalue weighted by Gasteiger charge is -2.29. The summed E-state index contributed by atoms with van der Waals surface area (Å²) in [5, 5.41) is 6.19. The van der Waals surface area contributed by atoms with E-state index >= 15 is 0 Å². The number of carbonyl (C=O) groups excluding carboxylic acids is 1. The largest absolute Gasteiger partial charge is 0.360 e. The molecule has 2 heterocycles. The smallest absolute Gasteiger partial charge is 0.239 e. The van der Waals surface area contributed by atoms with E-state index in [1.54, 1.807) is 11.3 Å². The minimum absolute atomic E-state index is 0.110. The van der Waals surface area contributed by atoms with Gasteiger partial charge < -0.3 is 10.2 Å². The van der Waals surface area contributed by atoms with Crippen molar-refractivity contribution in [1.29, 1.82) is 0 Å². The number of hydrogen-bond donors (Lipinski definition) is 1. The molecule has 1 saturated heterocycles. The van der Waals surface area contributed by atoms with Crippen LogP contribution in [0.4, 0.5) is 5.69 Å². The van der Waals surface area contributed by atoms with Crippen molar-refractivity contribution in [2.24, 2.45) is 0 Å². The van der Waals surface area contributed by atoms with Crippen molar-refractivity contribution in [1.82, 2.24) is 5.32 Å². The number of nitrogens with zero attached hydrogens (tertiary/aromatic N) is 1. The second-order valence-electron chi connectivity index (χ2n) is 3.88. The third-order valence-corrected chi connectivity index (χ3v) is 3.73. The number of rotatable bonds is 1. The third-order valence-electron chi connectivity index (χ3n) is 2.85. The Labute approximate surface area is 97.7 Å². The Morgan fingerprint density at radius 1 is 1.31 bits per heavy atom. The van der Waals surface area contributed by atoms with E-state index in [1.165, 1.54) is 15.8 Å². The summed E-state index contributed by atoms with van der Waals surface area (Å²) in [6.07, 6.45) is 0. The molecule has 0 saturated carbocycles. The fourth-order valence-corrected chi connectivity index (χ4v) is 2.91. The molecule has 1 aromatic carbocycles. The number of anilines is 1. The van der Waals surface area contributed by atoms with Gasteiger partial charge in [-0.25, -0.2) is 0 Å². The number of carbonyl (C=O) groups is 1. The van der Waals surface area contributed by atoms with Crippen LogP contribution in [-0.4, -0.2) is 25.5 Å². The minimum Gasteiger partial charge on any atom is -0.360 e. The molecule has 82 valence electrons. The summed E-state index contributed by atoms with van der Waals surface area (Å²) in [6.45, 7) is 2.09. The van der Waals surface area contributed by atoms with Gasteiger partial charge in [-0.05, 0) is 23.6 Å². The zero-order valence-electron chi connectivity index (χ0n) is 8.77. The highest BCUT2D eigenvalue weighted by Gasteiger charge is 2.18. The van der Waals surface area contributed by atoms with E-state index in [4.69, 9.17) is 0 Å². The number of thiophene rings is 1. The Bertz CT molecular complexity index is 535. The molecule has 1 aliphatic rings. The van der Waals surface area contributed by atoms with Gasteiger partial charge in [0, 0.05) is 28.9 Å². The maximum Gasteiger partial charge on any atom is 0.239 e. The molecular weight excluding hydrogens is 220 g/mol. The lowest BCUT2D eigenvalue weighted by atomic mass is 10.2. The fourth-order valence-electron chi connectivity index (χ4n) is 2.10. The topological polar surface area (TPSA) is 32.3 Å². The molecule has 0 unspecified atom stereocenters. The van der Waals surface area contributed by atoms with Crippen molar-refractivity contribution in [2.45, 2.75) is 0 Å². The van der Waals surface area contributed by atoms with E-state index in [1.807, 2.05) is 0 Å². The van der Waals surface area contributed by atoms with Gasteiger partial charge in [0.2, 0.25) is 5.91 Å². The molecule has 0 atom stereocenters. The summed E-state index contributed by atoms with van der Waals surface area (Å²) < 4.78 is 1.28. The number of amides is 1. The van der Waals surface area contributed by atoms with Gasteiger partial charge in [0.15, 0.2) is 0 Å². The molecule has 16 heavy (non-hydrogen) atoms. The van der Waals surface area contributed by atoms with Crippen LogP contribution in [0.5, 0.6) is 0 Å². The predicted molar refractivity (Wildman–Crippen MR) is 67.0 cm³/mol. The van der Waals surface area contributed by atoms with E-state index < -0.39 is 0 Å². The summed E-state index contributed by atoms with van der Waals surface area (Å²) >= 11 is 1.74. The quantitative estimate of drug-likeness (QED) is 0.813. The maximum atomic E-state index is 11.4. The Morgan fingerprint density at radius 2 is 2.25 bits per heavy atom. The van der Waals surface area contributed by atoms with Crippen LogP contribution in [0.3, 0.4) is 0 Å². The number of fused-ring (bicyclic) bond motifs is 1. The van der Waals surface area contributed by atoms with Gasteiger partial charge in [0.05, 0.1) is 6.54 Å². The van der Waals surface area contributed by atoms with Gasteiger partial charge in [0.25, 0.3) is 0 Å². The first-order valence-corrected chi connectivity index (χ1v) is 6.20. The van der Waals surface area contributed by atoms with E-state index in [0.717, 1.165) is 13.1 Å². The van der Waals surface area contributed by atoms with Gasteiger partial charge in [-0.15, -0.1) is 11.3 Å². The summed E-state index contributed by atoms with van der Waals surface area (Å²) in [5.41, 5.74) is 1.17. The van der Waals surface area contributed by atoms with E-state index in [-0.39, 0.29) is 5.91 Å². The molecule has 0 bridgehead atoms. The highest BCUT2D eigenvalue weighted by Crippen LogP contribution is 2.30. The monoisotopic (exact) mass is 232 g/mol. The second kappa shape index (κ2) is 3.79. The van der Waals surface area contributed by atoms with Crippen LogP contribution in [0.1, 0.15) is 0 Å². The molecular formula is C12H12N2OS. The summed E-state index contributed by atoms with van der Waals surface area (Å²) in [4.78, 5) is 13.5. The van der Waals surface area contributed by atoms with E-state index in [0.29, 0.717) is 6.54 Å². The van der Waals surface area contributed by atoms with E-state index in [2.05, 4.69) is 39.9 Å². The highest BCUT2D eigenvalue weighted by atomic mass is 32.1. The van der Waals surface area contributed by atoms with Gasteiger partial charge in [-0.3, -0.25) is 4.79 Å². The van der Waals surface area contributed by atoms with Crippen molar-refractivity contribution in [2.75, 3.05) is 24.5 Å². The molecule has 4 heteroatoms. The first-order chi connectivity index (χ1) is 7.84. The molecule has 1 N–H and O–H groups in total. The summed E-state index contributed by atoms with van der Waals surface area (Å²) in [7, 11) is 0. The van der Waals surface area contributed by atoms with E-state index in [9.17, 15) is 4.79 Å². The minimum atomic E-state index is 0.110. The number of hydrogen-bond acceptors (Lipinski definition) is 3. The zero-order valence-corrected chi connectivity index (χ0v) is 9.59. The van der Waals surface area contributed by atoms with Crippen LogP contribution in [0.15, 0.2) is 29.6 Å². The van der Waals surface area contributed by atoms with Crippen molar-refractivity contribution >= 4 is 33.0 Å². The molecule has 1 amide bonds. The van der Waals surface area contributed by atoms with Crippen molar-refractivity contribution in [3.05, 3.63) is 29.6 Å². The van der Waals surface area contributed by atoms with Crippen LogP contribution in [0.2, 0.25) is 0 Å². The molecule has 0 aliphatic carbocycles. The van der Waals surface area contributed by atoms with Gasteiger partial charge >= 0.3 is 0 Å². The lowest BCUT2D eigenvalue weighted by Crippen LogP contribution is -2.47. The number of benzene rings is 1. The van der Waals surface area contributed by atoms with Crippen molar-refractivity contribution in [3.8, 4) is 0 Å². The fraction of sp³-hybridized carbons (Fsp3) is 0.250. The van der Waals surface area contributed by atoms with Crippen LogP contribution in [-0.2, 0) is 4.79 Å². The zero-order chi connectivity index (χ0) is 11.0. The molecule has 0 spiro atoms. The Balaban J connectivity index is 2.04. The standard InChI is InChI=1S/C12H12N2OS/c15-12-8-14(6-5-13-12)10-2-1-3-11-9(10)4-7-16-11/h1-4,7H,5-6,8H2,(H,13,15). The van der Waals surface area contributed by atoms with Crippen LogP contribution >= 0.6 is 11.3 Å². The SMILES string of the molecule is O=C1CN(c2cccc3sccc23)CCN1. The molecule has 1 aromatic heterocycles. The normalized spacial score (nSPS) is 16.5.